The fourth-order valence-electron chi connectivity index (χ4n) is 0.563. The van der Waals surface area contributed by atoms with Gasteiger partial charge in [-0.1, -0.05) is 0 Å². The van der Waals surface area contributed by atoms with Gasteiger partial charge in [-0.15, -0.1) is 11.8 Å². The fraction of sp³-hybridized carbons (Fsp3) is 0.800. The van der Waals surface area contributed by atoms with Crippen LogP contribution in [0.5, 0.6) is 0 Å². The van der Waals surface area contributed by atoms with Gasteiger partial charge in [-0.2, -0.15) is 11.8 Å². The standard InChI is InChI=1S/C5H9NS2/c1-7-5-4-8-3-2-6-5/h2-4H2,1H3. The molecule has 3 heteroatoms. The first-order valence-corrected chi connectivity index (χ1v) is 4.96. The van der Waals surface area contributed by atoms with Gasteiger partial charge >= 0.3 is 0 Å². The van der Waals surface area contributed by atoms with E-state index in [2.05, 4.69) is 11.2 Å². The second-order valence-electron chi connectivity index (χ2n) is 1.53. The summed E-state index contributed by atoms with van der Waals surface area (Å²) in [6, 6.07) is 0. The summed E-state index contributed by atoms with van der Waals surface area (Å²) in [7, 11) is 0. The highest BCUT2D eigenvalue weighted by molar-refractivity contribution is 8.15. The minimum atomic E-state index is 1.03. The highest BCUT2D eigenvalue weighted by Gasteiger charge is 2.01. The molecule has 1 heterocycles. The van der Waals surface area contributed by atoms with E-state index in [1.54, 1.807) is 11.8 Å². The van der Waals surface area contributed by atoms with Crippen molar-refractivity contribution in [1.29, 1.82) is 0 Å². The predicted octanol–water partition coefficient (Wildman–Crippen LogP) is 1.49. The predicted molar refractivity (Wildman–Crippen MR) is 43.1 cm³/mol. The lowest BCUT2D eigenvalue weighted by atomic mass is 10.7. The van der Waals surface area contributed by atoms with Crippen molar-refractivity contribution in [2.75, 3.05) is 24.3 Å². The molecule has 0 aromatic carbocycles. The smallest absolute Gasteiger partial charge is 0.0772 e. The molecule has 0 aliphatic carbocycles. The van der Waals surface area contributed by atoms with Gasteiger partial charge in [-0.25, -0.2) is 0 Å². The summed E-state index contributed by atoms with van der Waals surface area (Å²) < 4.78 is 0. The van der Waals surface area contributed by atoms with Crippen LogP contribution in [0.25, 0.3) is 0 Å². The molecule has 0 saturated carbocycles. The molecule has 0 fully saturated rings. The minimum Gasteiger partial charge on any atom is -0.281 e. The Morgan fingerprint density at radius 2 is 2.62 bits per heavy atom. The average molecular weight is 147 g/mol. The molecule has 0 saturated heterocycles. The summed E-state index contributed by atoms with van der Waals surface area (Å²) in [5.41, 5.74) is 0. The van der Waals surface area contributed by atoms with Crippen molar-refractivity contribution < 1.29 is 0 Å². The Morgan fingerprint density at radius 1 is 1.75 bits per heavy atom. The third-order valence-corrected chi connectivity index (χ3v) is 2.86. The Balaban J connectivity index is 2.37. The van der Waals surface area contributed by atoms with Crippen LogP contribution in [0.1, 0.15) is 0 Å². The molecule has 0 radical (unpaired) electrons. The zero-order valence-corrected chi connectivity index (χ0v) is 6.52. The summed E-state index contributed by atoms with van der Waals surface area (Å²) in [4.78, 5) is 4.31. The van der Waals surface area contributed by atoms with Crippen LogP contribution in [0.4, 0.5) is 0 Å². The molecule has 0 amide bonds. The molecule has 1 nitrogen and oxygen atoms in total. The number of aliphatic imine (C=N–C) groups is 1. The largest absolute Gasteiger partial charge is 0.281 e. The van der Waals surface area contributed by atoms with E-state index in [0.29, 0.717) is 0 Å². The second kappa shape index (κ2) is 3.41. The summed E-state index contributed by atoms with van der Waals surface area (Å²) in [6.45, 7) is 1.03. The lowest BCUT2D eigenvalue weighted by Crippen LogP contribution is -2.05. The first-order valence-electron chi connectivity index (χ1n) is 2.58. The van der Waals surface area contributed by atoms with Crippen molar-refractivity contribution >= 4 is 28.6 Å². The van der Waals surface area contributed by atoms with Crippen LogP contribution in [0.15, 0.2) is 4.99 Å². The fourth-order valence-corrected chi connectivity index (χ4v) is 2.14. The number of thioether (sulfide) groups is 2. The van der Waals surface area contributed by atoms with Crippen molar-refractivity contribution in [3.8, 4) is 0 Å². The molecule has 0 unspecified atom stereocenters. The van der Waals surface area contributed by atoms with E-state index in [-0.39, 0.29) is 0 Å². The Morgan fingerprint density at radius 3 is 3.00 bits per heavy atom. The van der Waals surface area contributed by atoms with Gasteiger partial charge in [0, 0.05) is 18.1 Å². The number of hydrogen-bond acceptors (Lipinski definition) is 3. The van der Waals surface area contributed by atoms with E-state index >= 15 is 0 Å². The molecule has 1 rings (SSSR count). The van der Waals surface area contributed by atoms with Crippen molar-refractivity contribution in [3.63, 3.8) is 0 Å². The van der Waals surface area contributed by atoms with E-state index in [9.17, 15) is 0 Å². The summed E-state index contributed by atoms with van der Waals surface area (Å²) in [5.74, 6) is 2.35. The molecule has 1 aliphatic rings. The monoisotopic (exact) mass is 147 g/mol. The van der Waals surface area contributed by atoms with Crippen molar-refractivity contribution in [1.82, 2.24) is 0 Å². The number of hydrogen-bond donors (Lipinski definition) is 0. The second-order valence-corrected chi connectivity index (χ2v) is 3.52. The van der Waals surface area contributed by atoms with Gasteiger partial charge in [0.15, 0.2) is 0 Å². The molecule has 0 N–H and O–H groups in total. The molecule has 0 atom stereocenters. The zero-order chi connectivity index (χ0) is 5.82. The highest BCUT2D eigenvalue weighted by Crippen LogP contribution is 2.12. The van der Waals surface area contributed by atoms with Crippen LogP contribution in [-0.2, 0) is 0 Å². The first-order chi connectivity index (χ1) is 3.93. The van der Waals surface area contributed by atoms with Gasteiger partial charge in [0.25, 0.3) is 0 Å². The van der Waals surface area contributed by atoms with Crippen LogP contribution in [-0.4, -0.2) is 29.3 Å². The average Bonchev–Trinajstić information content (AvgIpc) is 1.90. The van der Waals surface area contributed by atoms with Crippen molar-refractivity contribution in [3.05, 3.63) is 0 Å². The maximum Gasteiger partial charge on any atom is 0.0772 e. The summed E-state index contributed by atoms with van der Waals surface area (Å²) in [6.07, 6.45) is 2.09. The quantitative estimate of drug-likeness (QED) is 0.515. The Labute approximate surface area is 58.3 Å². The van der Waals surface area contributed by atoms with Gasteiger partial charge < -0.3 is 0 Å². The van der Waals surface area contributed by atoms with Crippen LogP contribution in [0.3, 0.4) is 0 Å². The van der Waals surface area contributed by atoms with E-state index in [4.69, 9.17) is 0 Å². The van der Waals surface area contributed by atoms with Crippen LogP contribution in [0, 0.1) is 0 Å². The van der Waals surface area contributed by atoms with Gasteiger partial charge in [-0.05, 0) is 6.26 Å². The van der Waals surface area contributed by atoms with Gasteiger partial charge in [0.05, 0.1) is 5.04 Å². The lowest BCUT2D eigenvalue weighted by molar-refractivity contribution is 1.14. The third-order valence-electron chi connectivity index (χ3n) is 0.985. The van der Waals surface area contributed by atoms with E-state index < -0.39 is 0 Å². The maximum atomic E-state index is 4.31. The molecule has 1 aliphatic heterocycles. The molecule has 0 aromatic rings. The van der Waals surface area contributed by atoms with E-state index in [1.165, 1.54) is 10.8 Å². The minimum absolute atomic E-state index is 1.03. The van der Waals surface area contributed by atoms with Crippen molar-refractivity contribution in [2.45, 2.75) is 0 Å². The Kier molecular flexibility index (Phi) is 2.76. The third kappa shape index (κ3) is 1.71. The number of rotatable bonds is 0. The molecule has 0 spiro atoms. The zero-order valence-electron chi connectivity index (χ0n) is 4.89. The van der Waals surface area contributed by atoms with Crippen LogP contribution in [0.2, 0.25) is 0 Å². The molecule has 0 aromatic heterocycles. The first kappa shape index (κ1) is 6.49. The molecule has 0 bridgehead atoms. The molecule has 8 heavy (non-hydrogen) atoms. The van der Waals surface area contributed by atoms with Gasteiger partial charge in [-0.3, -0.25) is 4.99 Å². The topological polar surface area (TPSA) is 12.4 Å². The van der Waals surface area contributed by atoms with Crippen LogP contribution >= 0.6 is 23.5 Å². The van der Waals surface area contributed by atoms with Crippen LogP contribution < -0.4 is 0 Å². The SMILES string of the molecule is CSC1=NCCSC1. The van der Waals surface area contributed by atoms with Crippen molar-refractivity contribution in [2.24, 2.45) is 4.99 Å². The normalized spacial score (nSPS) is 20.4. The number of nitrogens with zero attached hydrogens (tertiary/aromatic N) is 1. The molecular formula is C5H9NS2. The molecule has 46 valence electrons. The van der Waals surface area contributed by atoms with Gasteiger partial charge in [0.1, 0.15) is 0 Å². The van der Waals surface area contributed by atoms with Gasteiger partial charge in [0.2, 0.25) is 0 Å². The Hall–Kier alpha value is 0.370. The highest BCUT2D eigenvalue weighted by atomic mass is 32.2. The van der Waals surface area contributed by atoms with E-state index in [0.717, 1.165) is 12.3 Å². The molecular weight excluding hydrogens is 138 g/mol. The summed E-state index contributed by atoms with van der Waals surface area (Å²) >= 11 is 3.75. The summed E-state index contributed by atoms with van der Waals surface area (Å²) in [5, 5.41) is 1.31. The Bertz CT molecular complexity index is 101. The maximum absolute atomic E-state index is 4.31. The van der Waals surface area contributed by atoms with E-state index in [1.807, 2.05) is 11.8 Å². The lowest BCUT2D eigenvalue weighted by Gasteiger charge is -2.07.